The summed E-state index contributed by atoms with van der Waals surface area (Å²) in [5, 5.41) is 2.36. The molecule has 1 aromatic heterocycles. The Labute approximate surface area is 80.2 Å². The zero-order chi connectivity index (χ0) is 9.26. The summed E-state index contributed by atoms with van der Waals surface area (Å²) in [5.74, 6) is 0. The van der Waals surface area contributed by atoms with Gasteiger partial charge in [-0.3, -0.25) is 4.79 Å². The third-order valence-corrected chi connectivity index (χ3v) is 2.06. The highest BCUT2D eigenvalue weighted by Gasteiger charge is 1.96. The Morgan fingerprint density at radius 3 is 2.85 bits per heavy atom. The fourth-order valence-electron chi connectivity index (χ4n) is 1.21. The zero-order valence-corrected chi connectivity index (χ0v) is 7.45. The molecule has 0 aliphatic carbocycles. The number of carbonyl (C=O) groups is 1. The first-order valence-corrected chi connectivity index (χ1v) is 4.18. The van der Waals surface area contributed by atoms with Gasteiger partial charge in [-0.05, 0) is 17.5 Å². The monoisotopic (exact) mass is 191 g/mol. The minimum atomic E-state index is 0.440. The number of carbonyl (C=O) groups excluding carboxylic acids is 1. The molecule has 0 fully saturated rings. The Morgan fingerprint density at radius 1 is 1.23 bits per heavy atom. The molecule has 0 unspecified atom stereocenters. The van der Waals surface area contributed by atoms with Crippen molar-refractivity contribution in [2.75, 3.05) is 0 Å². The van der Waals surface area contributed by atoms with E-state index in [9.17, 15) is 4.79 Å². The summed E-state index contributed by atoms with van der Waals surface area (Å²) in [4.78, 5) is 14.4. The predicted octanol–water partition coefficient (Wildman–Crippen LogP) is 2.70. The van der Waals surface area contributed by atoms with Gasteiger partial charge in [-0.25, -0.2) is 4.98 Å². The summed E-state index contributed by atoms with van der Waals surface area (Å²) in [7, 11) is 0. The van der Waals surface area contributed by atoms with Crippen molar-refractivity contribution in [3.05, 3.63) is 41.2 Å². The molecule has 2 aromatic rings. The van der Waals surface area contributed by atoms with Crippen LogP contribution in [-0.4, -0.2) is 11.3 Å². The molecule has 0 N–H and O–H groups in total. The van der Waals surface area contributed by atoms with Gasteiger partial charge < -0.3 is 0 Å². The maximum Gasteiger partial charge on any atom is 0.150 e. The summed E-state index contributed by atoms with van der Waals surface area (Å²) in [5.41, 5.74) is 0.648. The summed E-state index contributed by atoms with van der Waals surface area (Å²) in [6.07, 6.45) is 2.50. The topological polar surface area (TPSA) is 30.0 Å². The molecule has 2 rings (SSSR count). The summed E-state index contributed by atoms with van der Waals surface area (Å²) in [6, 6.07) is 7.13. The Morgan fingerprint density at radius 2 is 2.08 bits per heavy atom. The molecule has 0 radical (unpaired) electrons. The van der Waals surface area contributed by atoms with Gasteiger partial charge in [-0.2, -0.15) is 0 Å². The molecule has 0 bridgehead atoms. The molecule has 1 aromatic carbocycles. The predicted molar refractivity (Wildman–Crippen MR) is 52.1 cm³/mol. The molecule has 1 heterocycles. The molecule has 0 aliphatic heterocycles. The normalized spacial score (nSPS) is 10.2. The molecule has 13 heavy (non-hydrogen) atoms. The van der Waals surface area contributed by atoms with Crippen LogP contribution in [0.15, 0.2) is 30.5 Å². The van der Waals surface area contributed by atoms with Crippen molar-refractivity contribution in [2.45, 2.75) is 0 Å². The maximum atomic E-state index is 10.5. The van der Waals surface area contributed by atoms with Gasteiger partial charge in [0.15, 0.2) is 0 Å². The minimum Gasteiger partial charge on any atom is -0.298 e. The van der Waals surface area contributed by atoms with E-state index in [1.165, 1.54) is 0 Å². The Hall–Kier alpha value is -1.41. The first kappa shape index (κ1) is 8.20. The van der Waals surface area contributed by atoms with Gasteiger partial charge in [0.25, 0.3) is 0 Å². The van der Waals surface area contributed by atoms with Crippen LogP contribution < -0.4 is 0 Å². The van der Waals surface area contributed by atoms with E-state index in [4.69, 9.17) is 11.6 Å². The van der Waals surface area contributed by atoms with E-state index >= 15 is 0 Å². The van der Waals surface area contributed by atoms with Crippen molar-refractivity contribution in [1.82, 2.24) is 4.98 Å². The number of aldehydes is 1. The van der Waals surface area contributed by atoms with Crippen LogP contribution in [0.3, 0.4) is 0 Å². The number of benzene rings is 1. The number of hydrogen-bond acceptors (Lipinski definition) is 2. The third-order valence-electron chi connectivity index (χ3n) is 1.85. The van der Waals surface area contributed by atoms with Gasteiger partial charge >= 0.3 is 0 Å². The zero-order valence-electron chi connectivity index (χ0n) is 6.70. The highest BCUT2D eigenvalue weighted by Crippen LogP contribution is 2.17. The van der Waals surface area contributed by atoms with Gasteiger partial charge in [-0.1, -0.05) is 23.7 Å². The summed E-state index contributed by atoms with van der Waals surface area (Å²) < 4.78 is 0. The van der Waals surface area contributed by atoms with Crippen molar-refractivity contribution in [2.24, 2.45) is 0 Å². The second-order valence-electron chi connectivity index (χ2n) is 2.73. The Kier molecular flexibility index (Phi) is 1.99. The number of hydrogen-bond donors (Lipinski definition) is 0. The molecule has 0 atom stereocenters. The van der Waals surface area contributed by atoms with E-state index in [-0.39, 0.29) is 0 Å². The van der Waals surface area contributed by atoms with E-state index in [0.717, 1.165) is 17.1 Å². The number of halogens is 1. The van der Waals surface area contributed by atoms with Crippen LogP contribution in [0.5, 0.6) is 0 Å². The lowest BCUT2D eigenvalue weighted by Gasteiger charge is -1.97. The molecule has 64 valence electrons. The fourth-order valence-corrected chi connectivity index (χ4v) is 1.37. The number of aromatic nitrogens is 1. The van der Waals surface area contributed by atoms with E-state index < -0.39 is 0 Å². The average molecular weight is 192 g/mol. The fraction of sp³-hybridized carbons (Fsp3) is 0. The van der Waals surface area contributed by atoms with Crippen molar-refractivity contribution >= 4 is 28.7 Å². The minimum absolute atomic E-state index is 0.440. The Balaban J connectivity index is 2.74. The van der Waals surface area contributed by atoms with E-state index in [1.807, 2.05) is 6.07 Å². The van der Waals surface area contributed by atoms with Crippen LogP contribution in [0.25, 0.3) is 10.8 Å². The van der Waals surface area contributed by atoms with Gasteiger partial charge in [0.05, 0.1) is 0 Å². The summed E-state index contributed by atoms with van der Waals surface area (Å²) >= 11 is 5.71. The first-order chi connectivity index (χ1) is 6.29. The van der Waals surface area contributed by atoms with E-state index in [2.05, 4.69) is 4.98 Å². The molecule has 0 amide bonds. The number of fused-ring (bicyclic) bond motifs is 1. The van der Waals surface area contributed by atoms with Gasteiger partial charge in [0, 0.05) is 17.1 Å². The first-order valence-electron chi connectivity index (χ1n) is 3.80. The number of nitrogens with zero attached hydrogens (tertiary/aromatic N) is 1. The van der Waals surface area contributed by atoms with Crippen LogP contribution >= 0.6 is 11.6 Å². The second kappa shape index (κ2) is 3.15. The van der Waals surface area contributed by atoms with Crippen molar-refractivity contribution in [3.8, 4) is 0 Å². The number of rotatable bonds is 1. The number of pyridine rings is 1. The van der Waals surface area contributed by atoms with Crippen molar-refractivity contribution < 1.29 is 4.79 Å². The quantitative estimate of drug-likeness (QED) is 0.513. The van der Waals surface area contributed by atoms with Crippen LogP contribution in [-0.2, 0) is 0 Å². The summed E-state index contributed by atoms with van der Waals surface area (Å²) in [6.45, 7) is 0. The van der Waals surface area contributed by atoms with Crippen LogP contribution in [0.2, 0.25) is 5.15 Å². The van der Waals surface area contributed by atoms with Crippen molar-refractivity contribution in [3.63, 3.8) is 0 Å². The SMILES string of the molecule is O=Cc1ccc2cnc(Cl)cc2c1. The molecule has 0 saturated carbocycles. The lowest BCUT2D eigenvalue weighted by molar-refractivity contribution is 0.112. The van der Waals surface area contributed by atoms with Gasteiger partial charge in [-0.15, -0.1) is 0 Å². The molecule has 3 heteroatoms. The molecule has 0 saturated heterocycles. The molecule has 0 aliphatic rings. The van der Waals surface area contributed by atoms with Gasteiger partial charge in [0.1, 0.15) is 11.4 Å². The highest BCUT2D eigenvalue weighted by molar-refractivity contribution is 6.30. The van der Waals surface area contributed by atoms with Crippen LogP contribution in [0.1, 0.15) is 10.4 Å². The lowest BCUT2D eigenvalue weighted by Crippen LogP contribution is -1.81. The standard InChI is InChI=1S/C10H6ClNO/c11-10-4-9-3-7(6-13)1-2-8(9)5-12-10/h1-6H. The third kappa shape index (κ3) is 1.53. The average Bonchev–Trinajstić information content (AvgIpc) is 2.16. The van der Waals surface area contributed by atoms with Crippen molar-refractivity contribution in [1.29, 1.82) is 0 Å². The van der Waals surface area contributed by atoms with Gasteiger partial charge in [0.2, 0.25) is 0 Å². The van der Waals surface area contributed by atoms with E-state index in [0.29, 0.717) is 10.7 Å². The molecule has 0 spiro atoms. The van der Waals surface area contributed by atoms with E-state index in [1.54, 1.807) is 24.4 Å². The molecule has 2 nitrogen and oxygen atoms in total. The molecular weight excluding hydrogens is 186 g/mol. The smallest absolute Gasteiger partial charge is 0.150 e. The van der Waals surface area contributed by atoms with Crippen LogP contribution in [0.4, 0.5) is 0 Å². The lowest BCUT2D eigenvalue weighted by atomic mass is 10.1. The maximum absolute atomic E-state index is 10.5. The highest BCUT2D eigenvalue weighted by atomic mass is 35.5. The second-order valence-corrected chi connectivity index (χ2v) is 3.12. The Bertz CT molecular complexity index is 467. The van der Waals surface area contributed by atoms with Crippen LogP contribution in [0, 0.1) is 0 Å². The largest absolute Gasteiger partial charge is 0.298 e. The molecular formula is C10H6ClNO.